The number of amides is 1. The predicted molar refractivity (Wildman–Crippen MR) is 118 cm³/mol. The lowest BCUT2D eigenvalue weighted by Crippen LogP contribution is -2.31. The van der Waals surface area contributed by atoms with Crippen LogP contribution in [0.5, 0.6) is 0 Å². The SMILES string of the molecule is Cc1ccc(C(=O)NCCn2ccn3nc(-c4ccc(C)cc4C)cc3c2=O)cc1. The van der Waals surface area contributed by atoms with Gasteiger partial charge in [-0.25, -0.2) is 4.52 Å². The zero-order valence-corrected chi connectivity index (χ0v) is 17.3. The van der Waals surface area contributed by atoms with E-state index in [1.165, 1.54) is 5.56 Å². The minimum atomic E-state index is -0.148. The second-order valence-corrected chi connectivity index (χ2v) is 7.60. The predicted octanol–water partition coefficient (Wildman–Crippen LogP) is 3.52. The largest absolute Gasteiger partial charge is 0.350 e. The van der Waals surface area contributed by atoms with Crippen molar-refractivity contribution in [3.63, 3.8) is 0 Å². The number of nitrogens with zero attached hydrogens (tertiary/aromatic N) is 3. The number of aryl methyl sites for hydroxylation is 3. The molecule has 2 heterocycles. The number of nitrogens with one attached hydrogen (secondary N) is 1. The quantitative estimate of drug-likeness (QED) is 0.557. The molecule has 6 heteroatoms. The van der Waals surface area contributed by atoms with Gasteiger partial charge in [-0.05, 0) is 44.5 Å². The summed E-state index contributed by atoms with van der Waals surface area (Å²) < 4.78 is 3.20. The maximum absolute atomic E-state index is 12.9. The Morgan fingerprint density at radius 3 is 2.43 bits per heavy atom. The number of benzene rings is 2. The van der Waals surface area contributed by atoms with E-state index >= 15 is 0 Å². The van der Waals surface area contributed by atoms with Gasteiger partial charge in [-0.2, -0.15) is 5.10 Å². The van der Waals surface area contributed by atoms with Gasteiger partial charge in [0.25, 0.3) is 11.5 Å². The van der Waals surface area contributed by atoms with Crippen molar-refractivity contribution in [2.45, 2.75) is 27.3 Å². The highest BCUT2D eigenvalue weighted by atomic mass is 16.1. The second-order valence-electron chi connectivity index (χ2n) is 7.60. The zero-order chi connectivity index (χ0) is 21.3. The first-order valence-electron chi connectivity index (χ1n) is 9.94. The third-order valence-corrected chi connectivity index (χ3v) is 5.21. The first kappa shape index (κ1) is 19.6. The molecule has 2 aromatic heterocycles. The number of hydrogen-bond acceptors (Lipinski definition) is 3. The van der Waals surface area contributed by atoms with E-state index in [-0.39, 0.29) is 11.5 Å². The molecular weight excluding hydrogens is 376 g/mol. The molecule has 1 amide bonds. The van der Waals surface area contributed by atoms with E-state index in [0.29, 0.717) is 24.2 Å². The summed E-state index contributed by atoms with van der Waals surface area (Å²) in [5.41, 5.74) is 6.19. The summed E-state index contributed by atoms with van der Waals surface area (Å²) in [4.78, 5) is 25.1. The van der Waals surface area contributed by atoms with Gasteiger partial charge >= 0.3 is 0 Å². The molecule has 152 valence electrons. The smallest absolute Gasteiger partial charge is 0.276 e. The van der Waals surface area contributed by atoms with Crippen molar-refractivity contribution < 1.29 is 4.79 Å². The lowest BCUT2D eigenvalue weighted by molar-refractivity contribution is 0.0952. The van der Waals surface area contributed by atoms with Gasteiger partial charge in [0.15, 0.2) is 0 Å². The van der Waals surface area contributed by atoms with Crippen molar-refractivity contribution >= 4 is 11.4 Å². The van der Waals surface area contributed by atoms with E-state index in [1.807, 2.05) is 44.2 Å². The molecule has 0 saturated carbocycles. The average molecular weight is 400 g/mol. The molecule has 0 radical (unpaired) electrons. The molecule has 6 nitrogen and oxygen atoms in total. The van der Waals surface area contributed by atoms with E-state index in [4.69, 9.17) is 0 Å². The molecular formula is C24H24N4O2. The van der Waals surface area contributed by atoms with Crippen LogP contribution in [0.3, 0.4) is 0 Å². The fourth-order valence-corrected chi connectivity index (χ4v) is 3.53. The fraction of sp³-hybridized carbons (Fsp3) is 0.208. The minimum Gasteiger partial charge on any atom is -0.350 e. The van der Waals surface area contributed by atoms with Crippen molar-refractivity contribution in [3.05, 3.63) is 93.5 Å². The average Bonchev–Trinajstić information content (AvgIpc) is 3.15. The molecule has 0 aliphatic heterocycles. The van der Waals surface area contributed by atoms with Gasteiger partial charge in [0.1, 0.15) is 5.52 Å². The summed E-state index contributed by atoms with van der Waals surface area (Å²) in [5, 5.41) is 7.43. The first-order chi connectivity index (χ1) is 14.4. The van der Waals surface area contributed by atoms with Crippen LogP contribution in [-0.4, -0.2) is 26.6 Å². The first-order valence-corrected chi connectivity index (χ1v) is 9.94. The van der Waals surface area contributed by atoms with E-state index in [0.717, 1.165) is 22.4 Å². The van der Waals surface area contributed by atoms with Crippen LogP contribution in [0, 0.1) is 20.8 Å². The monoisotopic (exact) mass is 400 g/mol. The Morgan fingerprint density at radius 2 is 1.70 bits per heavy atom. The van der Waals surface area contributed by atoms with Crippen molar-refractivity contribution in [1.29, 1.82) is 0 Å². The molecule has 30 heavy (non-hydrogen) atoms. The standard InChI is InChI=1S/C24H24N4O2/c1-16-4-7-19(8-5-16)23(29)25-10-11-27-12-13-28-22(24(27)30)15-21(26-28)20-9-6-17(2)14-18(20)3/h4-9,12-15H,10-11H2,1-3H3,(H,25,29). The molecule has 2 aromatic carbocycles. The van der Waals surface area contributed by atoms with Crippen LogP contribution in [-0.2, 0) is 6.54 Å². The molecule has 0 fully saturated rings. The van der Waals surface area contributed by atoms with Crippen molar-refractivity contribution in [3.8, 4) is 11.3 Å². The minimum absolute atomic E-state index is 0.134. The third-order valence-electron chi connectivity index (χ3n) is 5.21. The zero-order valence-electron chi connectivity index (χ0n) is 17.3. The van der Waals surface area contributed by atoms with Crippen LogP contribution in [0.25, 0.3) is 16.8 Å². The Balaban J connectivity index is 1.51. The topological polar surface area (TPSA) is 68.4 Å². The van der Waals surface area contributed by atoms with E-state index in [2.05, 4.69) is 23.4 Å². The van der Waals surface area contributed by atoms with Gasteiger partial charge in [-0.3, -0.25) is 9.59 Å². The summed E-state index contributed by atoms with van der Waals surface area (Å²) >= 11 is 0. The Kier molecular flexibility index (Phi) is 5.23. The Bertz CT molecular complexity index is 1280. The molecule has 4 rings (SSSR count). The second kappa shape index (κ2) is 7.99. The van der Waals surface area contributed by atoms with Gasteiger partial charge in [-0.15, -0.1) is 0 Å². The maximum Gasteiger partial charge on any atom is 0.276 e. The molecule has 0 atom stereocenters. The highest BCUT2D eigenvalue weighted by molar-refractivity contribution is 5.94. The third kappa shape index (κ3) is 3.89. The van der Waals surface area contributed by atoms with Gasteiger partial charge in [0, 0.05) is 36.6 Å². The summed E-state index contributed by atoms with van der Waals surface area (Å²) in [7, 11) is 0. The summed E-state index contributed by atoms with van der Waals surface area (Å²) in [5.74, 6) is -0.148. The molecule has 0 bridgehead atoms. The van der Waals surface area contributed by atoms with Gasteiger partial charge < -0.3 is 9.88 Å². The summed E-state index contributed by atoms with van der Waals surface area (Å²) in [6.45, 7) is 6.82. The lowest BCUT2D eigenvalue weighted by atomic mass is 10.0. The van der Waals surface area contributed by atoms with E-state index in [1.54, 1.807) is 33.6 Å². The van der Waals surface area contributed by atoms with Crippen LogP contribution < -0.4 is 10.9 Å². The van der Waals surface area contributed by atoms with Gasteiger partial charge in [0.2, 0.25) is 0 Å². The van der Waals surface area contributed by atoms with Crippen molar-refractivity contribution in [1.82, 2.24) is 19.5 Å². The number of rotatable bonds is 5. The fourth-order valence-electron chi connectivity index (χ4n) is 3.53. The van der Waals surface area contributed by atoms with Crippen molar-refractivity contribution in [2.24, 2.45) is 0 Å². The van der Waals surface area contributed by atoms with E-state index < -0.39 is 0 Å². The molecule has 0 aliphatic carbocycles. The summed E-state index contributed by atoms with van der Waals surface area (Å²) in [6.07, 6.45) is 3.47. The number of aromatic nitrogens is 3. The maximum atomic E-state index is 12.9. The molecule has 1 N–H and O–H groups in total. The molecule has 0 unspecified atom stereocenters. The number of fused-ring (bicyclic) bond motifs is 1. The van der Waals surface area contributed by atoms with Gasteiger partial charge in [0.05, 0.1) is 5.69 Å². The van der Waals surface area contributed by atoms with Crippen LogP contribution in [0.1, 0.15) is 27.0 Å². The van der Waals surface area contributed by atoms with Crippen molar-refractivity contribution in [2.75, 3.05) is 6.54 Å². The molecule has 0 aliphatic rings. The van der Waals surface area contributed by atoms with Crippen LogP contribution in [0.2, 0.25) is 0 Å². The highest BCUT2D eigenvalue weighted by Gasteiger charge is 2.11. The lowest BCUT2D eigenvalue weighted by Gasteiger charge is -2.08. The van der Waals surface area contributed by atoms with E-state index in [9.17, 15) is 9.59 Å². The Morgan fingerprint density at radius 1 is 0.967 bits per heavy atom. The molecule has 0 saturated heterocycles. The van der Waals surface area contributed by atoms with Crippen LogP contribution in [0.4, 0.5) is 0 Å². The Labute approximate surface area is 174 Å². The number of carbonyl (C=O) groups excluding carboxylic acids is 1. The molecule has 4 aromatic rings. The number of carbonyl (C=O) groups is 1. The summed E-state index contributed by atoms with van der Waals surface area (Å²) in [6, 6.07) is 15.4. The van der Waals surface area contributed by atoms with Gasteiger partial charge in [-0.1, -0.05) is 41.5 Å². The number of hydrogen-bond donors (Lipinski definition) is 1. The van der Waals surface area contributed by atoms with Crippen LogP contribution >= 0.6 is 0 Å². The van der Waals surface area contributed by atoms with Crippen LogP contribution in [0.15, 0.2) is 65.7 Å². The Hall–Kier alpha value is -3.67. The highest BCUT2D eigenvalue weighted by Crippen LogP contribution is 2.23. The molecule has 0 spiro atoms. The normalized spacial score (nSPS) is 11.0.